The second-order valence-electron chi connectivity index (χ2n) is 1.99. The molecule has 2 N–H and O–H groups in total. The fourth-order valence-corrected chi connectivity index (χ4v) is 0.590. The summed E-state index contributed by atoms with van der Waals surface area (Å²) in [6.07, 6.45) is -6.31. The zero-order valence-electron chi connectivity index (χ0n) is 5.92. The molecule has 8 heteroatoms. The first-order chi connectivity index (χ1) is 5.89. The smallest absolute Gasteiger partial charge is 0.449 e. The first kappa shape index (κ1) is 9.36. The summed E-state index contributed by atoms with van der Waals surface area (Å²) in [7, 11) is 0. The van der Waals surface area contributed by atoms with Crippen molar-refractivity contribution in [2.45, 2.75) is 6.18 Å². The number of alkyl halides is 3. The highest BCUT2D eigenvalue weighted by atomic mass is 19.4. The van der Waals surface area contributed by atoms with Crippen LogP contribution in [0.3, 0.4) is 0 Å². The van der Waals surface area contributed by atoms with Gasteiger partial charge in [0.15, 0.2) is 0 Å². The zero-order chi connectivity index (χ0) is 10.1. The Balaban J connectivity index is 2.81. The Morgan fingerprint density at radius 3 is 2.62 bits per heavy atom. The summed E-state index contributed by atoms with van der Waals surface area (Å²) < 4.78 is 39.5. The molecule has 0 aliphatic heterocycles. The van der Waals surface area contributed by atoms with Crippen LogP contribution in [0.2, 0.25) is 0 Å². The van der Waals surface area contributed by atoms with Gasteiger partial charge in [-0.1, -0.05) is 0 Å². The SMILES string of the molecule is O=C(O)Oc1cc(C(F)(F)F)[nH]n1. The highest BCUT2D eigenvalue weighted by Crippen LogP contribution is 2.29. The number of nitrogens with zero attached hydrogens (tertiary/aromatic N) is 1. The van der Waals surface area contributed by atoms with E-state index in [1.807, 2.05) is 0 Å². The maximum Gasteiger partial charge on any atom is 0.512 e. The van der Waals surface area contributed by atoms with Crippen LogP contribution in [0.4, 0.5) is 18.0 Å². The van der Waals surface area contributed by atoms with Crippen molar-refractivity contribution < 1.29 is 27.8 Å². The number of halogens is 3. The van der Waals surface area contributed by atoms with Crippen molar-refractivity contribution >= 4 is 6.16 Å². The van der Waals surface area contributed by atoms with Crippen LogP contribution in [0, 0.1) is 0 Å². The Morgan fingerprint density at radius 1 is 1.62 bits per heavy atom. The largest absolute Gasteiger partial charge is 0.512 e. The van der Waals surface area contributed by atoms with Gasteiger partial charge < -0.3 is 9.84 Å². The van der Waals surface area contributed by atoms with Crippen LogP contribution in [0.25, 0.3) is 0 Å². The number of hydrogen-bond donors (Lipinski definition) is 2. The molecule has 0 aliphatic carbocycles. The Labute approximate surface area is 69.1 Å². The van der Waals surface area contributed by atoms with Crippen LogP contribution in [-0.4, -0.2) is 21.5 Å². The van der Waals surface area contributed by atoms with E-state index >= 15 is 0 Å². The number of hydrogen-bond acceptors (Lipinski definition) is 3. The van der Waals surface area contributed by atoms with Crippen molar-refractivity contribution in [1.82, 2.24) is 10.2 Å². The Kier molecular flexibility index (Phi) is 2.13. The van der Waals surface area contributed by atoms with Gasteiger partial charge in [-0.05, 0) is 0 Å². The first-order valence-corrected chi connectivity index (χ1v) is 2.93. The Morgan fingerprint density at radius 2 is 2.23 bits per heavy atom. The van der Waals surface area contributed by atoms with Crippen LogP contribution in [-0.2, 0) is 6.18 Å². The average molecular weight is 196 g/mol. The van der Waals surface area contributed by atoms with Crippen molar-refractivity contribution in [3.63, 3.8) is 0 Å². The molecule has 5 nitrogen and oxygen atoms in total. The van der Waals surface area contributed by atoms with E-state index in [-0.39, 0.29) is 0 Å². The average Bonchev–Trinajstić information content (AvgIpc) is 2.32. The molecule has 0 aliphatic rings. The normalized spacial score (nSPS) is 11.3. The van der Waals surface area contributed by atoms with Crippen molar-refractivity contribution in [2.24, 2.45) is 0 Å². The summed E-state index contributed by atoms with van der Waals surface area (Å²) in [5, 5.41) is 12.6. The molecule has 1 aromatic rings. The lowest BCUT2D eigenvalue weighted by Crippen LogP contribution is -2.05. The molecule has 1 heterocycles. The van der Waals surface area contributed by atoms with Crippen LogP contribution in [0.5, 0.6) is 5.88 Å². The van der Waals surface area contributed by atoms with Gasteiger partial charge in [0, 0.05) is 6.07 Å². The molecule has 13 heavy (non-hydrogen) atoms. The number of carbonyl (C=O) groups is 1. The summed E-state index contributed by atoms with van der Waals surface area (Å²) in [6.45, 7) is 0. The van der Waals surface area contributed by atoms with Crippen LogP contribution in [0.1, 0.15) is 5.69 Å². The summed E-state index contributed by atoms with van der Waals surface area (Å²) in [5.41, 5.74) is -1.16. The van der Waals surface area contributed by atoms with Gasteiger partial charge >= 0.3 is 12.3 Å². The van der Waals surface area contributed by atoms with Crippen molar-refractivity contribution in [3.05, 3.63) is 11.8 Å². The molecule has 72 valence electrons. The van der Waals surface area contributed by atoms with E-state index in [2.05, 4.69) is 9.84 Å². The fourth-order valence-electron chi connectivity index (χ4n) is 0.590. The standard InChI is InChI=1S/C5H3F3N2O3/c6-5(7,8)2-1-3(10-9-2)13-4(11)12/h1H,(H,9,10)(H,11,12). The molecular formula is C5H3F3N2O3. The zero-order valence-corrected chi connectivity index (χ0v) is 5.92. The maximum atomic E-state index is 11.9. The van der Waals surface area contributed by atoms with Gasteiger partial charge in [0.2, 0.25) is 5.88 Å². The molecule has 0 bridgehead atoms. The lowest BCUT2D eigenvalue weighted by atomic mass is 10.4. The lowest BCUT2D eigenvalue weighted by Gasteiger charge is -1.99. The number of nitrogens with one attached hydrogen (secondary N) is 1. The lowest BCUT2D eigenvalue weighted by molar-refractivity contribution is -0.141. The molecule has 1 aromatic heterocycles. The number of aromatic nitrogens is 2. The molecule has 0 saturated carbocycles. The third kappa shape index (κ3) is 2.36. The second kappa shape index (κ2) is 2.96. The minimum Gasteiger partial charge on any atom is -0.449 e. The molecule has 0 radical (unpaired) electrons. The van der Waals surface area contributed by atoms with Gasteiger partial charge in [-0.2, -0.15) is 13.2 Å². The van der Waals surface area contributed by atoms with Crippen LogP contribution >= 0.6 is 0 Å². The van der Waals surface area contributed by atoms with Crippen LogP contribution < -0.4 is 4.74 Å². The third-order valence-corrected chi connectivity index (χ3v) is 1.05. The van der Waals surface area contributed by atoms with E-state index in [9.17, 15) is 18.0 Å². The predicted molar refractivity (Wildman–Crippen MR) is 32.2 cm³/mol. The molecule has 0 unspecified atom stereocenters. The number of ether oxygens (including phenoxy) is 1. The highest BCUT2D eigenvalue weighted by Gasteiger charge is 2.33. The van der Waals surface area contributed by atoms with Gasteiger partial charge in [-0.15, -0.1) is 5.10 Å². The van der Waals surface area contributed by atoms with E-state index < -0.39 is 23.9 Å². The van der Waals surface area contributed by atoms with Gasteiger partial charge in [0.25, 0.3) is 0 Å². The molecule has 0 atom stereocenters. The Hall–Kier alpha value is -1.73. The topological polar surface area (TPSA) is 75.2 Å². The minimum atomic E-state index is -4.59. The predicted octanol–water partition coefficient (Wildman–Crippen LogP) is 1.49. The summed E-state index contributed by atoms with van der Waals surface area (Å²) >= 11 is 0. The van der Waals surface area contributed by atoms with Gasteiger partial charge in [0.1, 0.15) is 5.69 Å². The molecule has 0 spiro atoms. The second-order valence-corrected chi connectivity index (χ2v) is 1.99. The molecule has 0 fully saturated rings. The number of aromatic amines is 1. The van der Waals surface area contributed by atoms with E-state index in [4.69, 9.17) is 5.11 Å². The minimum absolute atomic E-state index is 0.452. The van der Waals surface area contributed by atoms with Gasteiger partial charge in [0.05, 0.1) is 0 Å². The highest BCUT2D eigenvalue weighted by molar-refractivity contribution is 5.60. The van der Waals surface area contributed by atoms with Gasteiger partial charge in [-0.25, -0.2) is 4.79 Å². The molecule has 0 saturated heterocycles. The quantitative estimate of drug-likeness (QED) is 0.667. The molecular weight excluding hydrogens is 193 g/mol. The molecule has 1 rings (SSSR count). The number of carboxylic acid groups (broad SMARTS) is 1. The van der Waals surface area contributed by atoms with E-state index in [1.165, 1.54) is 0 Å². The van der Waals surface area contributed by atoms with Gasteiger partial charge in [-0.3, -0.25) is 5.10 Å². The monoisotopic (exact) mass is 196 g/mol. The summed E-state index contributed by atoms with van der Waals surface area (Å²) in [5.74, 6) is -0.639. The number of rotatable bonds is 1. The fraction of sp³-hybridized carbons (Fsp3) is 0.200. The summed E-state index contributed by atoms with van der Waals surface area (Å²) in [6, 6.07) is 0.452. The number of H-pyrrole nitrogens is 1. The van der Waals surface area contributed by atoms with E-state index in [0.717, 1.165) is 0 Å². The molecule has 0 aromatic carbocycles. The maximum absolute atomic E-state index is 11.9. The van der Waals surface area contributed by atoms with E-state index in [0.29, 0.717) is 6.07 Å². The van der Waals surface area contributed by atoms with Crippen molar-refractivity contribution in [3.8, 4) is 5.88 Å². The Bertz CT molecular complexity index is 319. The third-order valence-electron chi connectivity index (χ3n) is 1.05. The van der Waals surface area contributed by atoms with Crippen LogP contribution in [0.15, 0.2) is 6.07 Å². The van der Waals surface area contributed by atoms with E-state index in [1.54, 1.807) is 5.10 Å². The first-order valence-electron chi connectivity index (χ1n) is 2.93. The van der Waals surface area contributed by atoms with Crippen molar-refractivity contribution in [1.29, 1.82) is 0 Å². The summed E-state index contributed by atoms with van der Waals surface area (Å²) in [4.78, 5) is 9.87. The molecule has 0 amide bonds. The van der Waals surface area contributed by atoms with Crippen molar-refractivity contribution in [2.75, 3.05) is 0 Å².